The van der Waals surface area contributed by atoms with Crippen molar-refractivity contribution >= 4 is 33.7 Å². The van der Waals surface area contributed by atoms with Crippen LogP contribution in [0.15, 0.2) is 24.3 Å². The van der Waals surface area contributed by atoms with Crippen LogP contribution >= 0.6 is 0 Å². The first kappa shape index (κ1) is 31.4. The predicted octanol–water partition coefficient (Wildman–Crippen LogP) is 6.81. The number of para-hydroxylation sites is 1. The Labute approximate surface area is 230 Å². The van der Waals surface area contributed by atoms with Gasteiger partial charge in [0.1, 0.15) is 23.5 Å². The molecule has 212 valence electrons. The van der Waals surface area contributed by atoms with Crippen LogP contribution < -0.4 is 15.1 Å². The summed E-state index contributed by atoms with van der Waals surface area (Å²) in [6, 6.07) is 8.17. The summed E-state index contributed by atoms with van der Waals surface area (Å²) in [6.07, 6.45) is 5.54. The van der Waals surface area contributed by atoms with Gasteiger partial charge in [-0.15, -0.1) is 0 Å². The second kappa shape index (κ2) is 13.8. The molecule has 0 aliphatic carbocycles. The van der Waals surface area contributed by atoms with Crippen molar-refractivity contribution in [2.24, 2.45) is 10.8 Å². The molecule has 38 heavy (non-hydrogen) atoms. The Morgan fingerprint density at radius 3 is 2.34 bits per heavy atom. The van der Waals surface area contributed by atoms with Crippen LogP contribution in [0.25, 0.3) is 21.9 Å². The molecule has 3 aromatic rings. The van der Waals surface area contributed by atoms with E-state index < -0.39 is 0 Å². The van der Waals surface area contributed by atoms with Gasteiger partial charge < -0.3 is 15.1 Å². The number of carbonyl (C=O) groups is 1. The van der Waals surface area contributed by atoms with E-state index >= 15 is 0 Å². The topological polar surface area (TPSA) is 72.3 Å². The van der Waals surface area contributed by atoms with Crippen LogP contribution in [-0.2, 0) is 11.2 Å². The fraction of sp³-hybridized carbons (Fsp3) is 0.645. The number of anilines is 1. The molecule has 0 atom stereocenters. The molecule has 7 heteroatoms. The van der Waals surface area contributed by atoms with Crippen molar-refractivity contribution in [3.63, 3.8) is 0 Å². The van der Waals surface area contributed by atoms with Crippen LogP contribution in [0.1, 0.15) is 93.3 Å². The van der Waals surface area contributed by atoms with Crippen LogP contribution in [0, 0.1) is 10.8 Å². The Morgan fingerprint density at radius 2 is 1.71 bits per heavy atom. The smallest absolute Gasteiger partial charge is 0.225 e. The quantitative estimate of drug-likeness (QED) is 0.263. The molecule has 7 nitrogen and oxygen atoms in total. The fourth-order valence-corrected chi connectivity index (χ4v) is 4.96. The minimum absolute atomic E-state index is 0.115. The number of aryl methyl sites for hydroxylation is 1. The Morgan fingerprint density at radius 1 is 1.03 bits per heavy atom. The normalized spacial score (nSPS) is 11.8. The number of pyridine rings is 1. The maximum Gasteiger partial charge on any atom is 0.225 e. The molecular formula is C31H51N5O2. The third kappa shape index (κ3) is 8.08. The maximum atomic E-state index is 12.7. The summed E-state index contributed by atoms with van der Waals surface area (Å²) in [5.41, 5.74) is 2.52. The van der Waals surface area contributed by atoms with Gasteiger partial charge in [-0.05, 0) is 37.2 Å². The Hall–Kier alpha value is -2.83. The lowest BCUT2D eigenvalue weighted by molar-refractivity contribution is -0.130. The number of fused-ring (bicyclic) bond motifs is 3. The van der Waals surface area contributed by atoms with Gasteiger partial charge in [-0.25, -0.2) is 9.97 Å². The minimum Gasteiger partial charge on any atom is -0.412 e. The molecule has 0 saturated carbocycles. The second-order valence-electron chi connectivity index (χ2n) is 11.9. The van der Waals surface area contributed by atoms with Crippen molar-refractivity contribution in [3.05, 3.63) is 30.1 Å². The third-order valence-corrected chi connectivity index (χ3v) is 6.34. The highest BCUT2D eigenvalue weighted by Crippen LogP contribution is 2.33. The van der Waals surface area contributed by atoms with Crippen molar-refractivity contribution in [3.8, 4) is 0 Å². The minimum atomic E-state index is -0.377. The van der Waals surface area contributed by atoms with Crippen LogP contribution in [-0.4, -0.2) is 47.9 Å². The van der Waals surface area contributed by atoms with E-state index in [-0.39, 0.29) is 16.7 Å². The maximum absolute atomic E-state index is 12.7. The summed E-state index contributed by atoms with van der Waals surface area (Å²) in [4.78, 5) is 30.9. The number of rotatable bonds is 12. The summed E-state index contributed by atoms with van der Waals surface area (Å²) in [5, 5.41) is 4.17. The van der Waals surface area contributed by atoms with E-state index in [4.69, 9.17) is 14.8 Å². The molecule has 3 rings (SSSR count). The molecule has 1 amide bonds. The van der Waals surface area contributed by atoms with Gasteiger partial charge in [-0.3, -0.25) is 4.79 Å². The Balaban J connectivity index is 0.00000247. The van der Waals surface area contributed by atoms with Crippen molar-refractivity contribution in [2.45, 2.75) is 93.9 Å². The first-order chi connectivity index (χ1) is 17.9. The zero-order valence-corrected chi connectivity index (χ0v) is 25.6. The number of hydrogen-bond donors (Lipinski definition) is 1. The zero-order chi connectivity index (χ0) is 28.5. The largest absolute Gasteiger partial charge is 0.412 e. The number of hydrogen-bond acceptors (Lipinski definition) is 5. The van der Waals surface area contributed by atoms with Gasteiger partial charge in [-0.2, -0.15) is 4.73 Å². The van der Waals surface area contributed by atoms with Crippen molar-refractivity contribution in [2.75, 3.05) is 32.1 Å². The highest BCUT2D eigenvalue weighted by molar-refractivity contribution is 6.07. The van der Waals surface area contributed by atoms with E-state index in [1.54, 1.807) is 0 Å². The van der Waals surface area contributed by atoms with E-state index in [0.29, 0.717) is 13.2 Å². The van der Waals surface area contributed by atoms with Crippen molar-refractivity contribution < 1.29 is 9.63 Å². The lowest BCUT2D eigenvalue weighted by Gasteiger charge is -2.31. The van der Waals surface area contributed by atoms with Gasteiger partial charge in [0.05, 0.1) is 5.52 Å². The first-order valence-corrected chi connectivity index (χ1v) is 14.3. The molecule has 0 aliphatic heterocycles. The molecule has 2 heterocycles. The zero-order valence-electron chi connectivity index (χ0n) is 25.6. The number of unbranched alkanes of at least 4 members (excludes halogenated alkanes) is 2. The van der Waals surface area contributed by atoms with Gasteiger partial charge in [0.25, 0.3) is 0 Å². The van der Waals surface area contributed by atoms with E-state index in [9.17, 15) is 4.79 Å². The van der Waals surface area contributed by atoms with Gasteiger partial charge in [0.2, 0.25) is 5.91 Å². The summed E-state index contributed by atoms with van der Waals surface area (Å²) < 4.78 is 1.94. The molecule has 0 radical (unpaired) electrons. The molecule has 0 spiro atoms. The molecule has 1 N–H and O–H groups in total. The second-order valence-corrected chi connectivity index (χ2v) is 11.9. The monoisotopic (exact) mass is 525 g/mol. The first-order valence-electron chi connectivity index (χ1n) is 14.3. The molecule has 0 unspecified atom stereocenters. The van der Waals surface area contributed by atoms with Gasteiger partial charge in [0, 0.05) is 37.9 Å². The van der Waals surface area contributed by atoms with Crippen molar-refractivity contribution in [1.82, 2.24) is 20.0 Å². The predicted molar refractivity (Wildman–Crippen MR) is 161 cm³/mol. The van der Waals surface area contributed by atoms with Crippen molar-refractivity contribution in [1.29, 1.82) is 0 Å². The van der Waals surface area contributed by atoms with E-state index in [1.165, 1.54) is 0 Å². The Bertz CT molecular complexity index is 1170. The molecule has 0 fully saturated rings. The van der Waals surface area contributed by atoms with Crippen LogP contribution in [0.3, 0.4) is 0 Å². The van der Waals surface area contributed by atoms with Gasteiger partial charge in [0.15, 0.2) is 5.82 Å². The highest BCUT2D eigenvalue weighted by Gasteiger charge is 2.32. The van der Waals surface area contributed by atoms with E-state index in [1.807, 2.05) is 69.6 Å². The third-order valence-electron chi connectivity index (χ3n) is 6.34. The molecular weight excluding hydrogens is 474 g/mol. The molecule has 1 aromatic carbocycles. The number of imidazole rings is 1. The molecule has 0 saturated heterocycles. The summed E-state index contributed by atoms with van der Waals surface area (Å²) in [6.45, 7) is 18.0. The number of nitrogens with zero attached hydrogens (tertiary/aromatic N) is 4. The average molecular weight is 526 g/mol. The van der Waals surface area contributed by atoms with E-state index in [2.05, 4.69) is 39.1 Å². The number of nitrogens with one attached hydrogen (secondary N) is 1. The van der Waals surface area contributed by atoms with Crippen LogP contribution in [0.5, 0.6) is 0 Å². The Kier molecular flexibility index (Phi) is 11.4. The molecule has 0 bridgehead atoms. The summed E-state index contributed by atoms with van der Waals surface area (Å²) in [5.74, 6) is 1.91. The van der Waals surface area contributed by atoms with Gasteiger partial charge in [-0.1, -0.05) is 80.0 Å². The number of aromatic nitrogens is 3. The average Bonchev–Trinajstić information content (AvgIpc) is 3.22. The number of benzene rings is 1. The SMILES string of the molecule is CC.CCCCc1nc2c(N(C)C)nc3ccccc3c2n1OCCCCNC(=O)C(C)(C)CC(C)(C)C. The summed E-state index contributed by atoms with van der Waals surface area (Å²) in [7, 11) is 4.00. The lowest BCUT2D eigenvalue weighted by atomic mass is 9.76. The van der Waals surface area contributed by atoms with E-state index in [0.717, 1.165) is 72.1 Å². The fourth-order valence-electron chi connectivity index (χ4n) is 4.96. The molecule has 2 aromatic heterocycles. The summed E-state index contributed by atoms with van der Waals surface area (Å²) >= 11 is 0. The standard InChI is InChI=1S/C29H45N5O2.C2H6/c1-9-10-17-23-32-24-25(21-15-11-12-16-22(21)31-26(24)33(7)8)34(23)36-19-14-13-18-30-27(35)29(5,6)20-28(2,3)4;1-2/h11-12,15-16H,9-10,13-14,17-20H2,1-8H3,(H,30,35);1-2H3. The molecule has 0 aliphatic rings. The highest BCUT2D eigenvalue weighted by atomic mass is 16.7. The van der Waals surface area contributed by atoms with Crippen LogP contribution in [0.4, 0.5) is 5.82 Å². The number of amides is 1. The lowest BCUT2D eigenvalue weighted by Crippen LogP contribution is -2.39. The number of carbonyl (C=O) groups excluding carboxylic acids is 1. The van der Waals surface area contributed by atoms with Gasteiger partial charge >= 0.3 is 0 Å². The van der Waals surface area contributed by atoms with Crippen LogP contribution in [0.2, 0.25) is 0 Å².